The molecule has 12 rings (SSSR count). The smallest absolute Gasteiger partial charge is 0.498 e. The van der Waals surface area contributed by atoms with E-state index in [1.165, 1.54) is 0 Å². The molecule has 0 saturated carbocycles. The molecule has 6 aliphatic rings. The van der Waals surface area contributed by atoms with Crippen LogP contribution in [0.5, 0.6) is 0 Å². The summed E-state index contributed by atoms with van der Waals surface area (Å²) in [6.07, 6.45) is 8.58. The van der Waals surface area contributed by atoms with Gasteiger partial charge in [0.25, 0.3) is 41.4 Å². The van der Waals surface area contributed by atoms with Crippen LogP contribution in [0.25, 0.3) is 33.4 Å². The van der Waals surface area contributed by atoms with Gasteiger partial charge in [0.05, 0.1) is 62.9 Å². The minimum absolute atomic E-state index is 0.0229. The number of Topliss-reactive ketones (excluding diaryl/α,β-unsaturated/α-hetero) is 1. The molecule has 3 atom stereocenters. The van der Waals surface area contributed by atoms with Gasteiger partial charge in [0, 0.05) is 144 Å². The Labute approximate surface area is 856 Å². The third-order valence-corrected chi connectivity index (χ3v) is 24.1. The molecule has 790 valence electrons. The maximum Gasteiger partial charge on any atom is 0.533 e. The topological polar surface area (TPSA) is 517 Å². The number of amides is 12. The van der Waals surface area contributed by atoms with E-state index < -0.39 is 71.7 Å². The molecule has 0 bridgehead atoms. The van der Waals surface area contributed by atoms with Crippen LogP contribution in [-0.2, 0) is 142 Å². The molecule has 12 amide bonds. The van der Waals surface area contributed by atoms with E-state index in [2.05, 4.69) is 77.6 Å². The van der Waals surface area contributed by atoms with Crippen LogP contribution in [-0.4, -0.2) is 228 Å². The van der Waals surface area contributed by atoms with Crippen LogP contribution in [0.2, 0.25) is 0 Å². The Morgan fingerprint density at radius 3 is 1.11 bits per heavy atom. The van der Waals surface area contributed by atoms with Crippen molar-refractivity contribution in [1.29, 1.82) is 0 Å². The summed E-state index contributed by atoms with van der Waals surface area (Å²) >= 11 is 0. The number of hydrogen-bond donors (Lipinski definition) is 6. The monoisotopic (exact) mass is 2050 g/mol. The van der Waals surface area contributed by atoms with E-state index in [0.717, 1.165) is 88.6 Å². The van der Waals surface area contributed by atoms with Crippen LogP contribution in [0, 0.1) is 0 Å². The number of rotatable bonds is 60. The number of benzene rings is 6. The average Bonchev–Trinajstić information content (AvgIpc) is 1.60. The highest BCUT2D eigenvalue weighted by atomic mass is 16.8. The highest BCUT2D eigenvalue weighted by Gasteiger charge is 2.41. The molecule has 0 radical (unpaired) electrons. The maximum absolute atomic E-state index is 13.5. The number of fused-ring (bicyclic) bond motifs is 9. The first-order chi connectivity index (χ1) is 71.5. The Morgan fingerprint density at radius 1 is 0.338 bits per heavy atom. The summed E-state index contributed by atoms with van der Waals surface area (Å²) in [7, 11) is 0. The minimum atomic E-state index is -1.24. The van der Waals surface area contributed by atoms with Gasteiger partial charge in [0.2, 0.25) is 29.5 Å². The van der Waals surface area contributed by atoms with Crippen LogP contribution >= 0.6 is 0 Å². The molecule has 3 aliphatic heterocycles. The van der Waals surface area contributed by atoms with Crippen molar-refractivity contribution in [3.05, 3.63) is 196 Å². The number of nitrogens with one attached hydrogen (secondary N) is 6. The molecular formula is C108H127N9O31. The number of unbranched alkanes of at least 4 members (excludes halogenated alkanes) is 3. The molecule has 0 spiro atoms. The number of nitrogens with zero attached hydrogens (tertiary/aromatic N) is 3. The molecule has 0 aromatic heterocycles. The SMILES string of the molecule is C=C(CC=O)OCC(=O)Nc1ccc2c(c1)C(COC(=O)ON1C(=O)CCC1=O)c1cc(NC(=O)COCCCC)ccc1-2.C=C(CC=O)OCCCC(=O)c1cccc2c1-c1ccc(NC(=O)CCCC(=O)NCCOCCCC)cc1C2COC(=O)ON1C(=O)CCC1=O.C=C(CC=O)OCCNC(=O)CCCc1ccc2c(c1)C(COC(=O)ON1C(=O)CCC1=O)c1cc(CCCC(=O)NCCOCCCC)ccc1-2. The van der Waals surface area contributed by atoms with E-state index in [4.69, 9.17) is 57.1 Å². The predicted octanol–water partition coefficient (Wildman–Crippen LogP) is 13.8. The molecule has 148 heavy (non-hydrogen) atoms. The second kappa shape index (κ2) is 59.8. The largest absolute Gasteiger partial charge is 0.533 e. The lowest BCUT2D eigenvalue weighted by atomic mass is 9.93. The molecule has 6 aromatic carbocycles. The first kappa shape index (κ1) is 114. The second-order valence-corrected chi connectivity index (χ2v) is 35.2. The number of carbonyl (C=O) groups is 19. The molecule has 3 aliphatic carbocycles. The summed E-state index contributed by atoms with van der Waals surface area (Å²) in [4.78, 5) is 244. The van der Waals surface area contributed by atoms with Crippen molar-refractivity contribution < 1.29 is 148 Å². The van der Waals surface area contributed by atoms with Gasteiger partial charge in [-0.3, -0.25) is 76.8 Å². The molecule has 40 nitrogen and oxygen atoms in total. The van der Waals surface area contributed by atoms with E-state index in [1.54, 1.807) is 60.7 Å². The number of ether oxygens (including phenoxy) is 9. The summed E-state index contributed by atoms with van der Waals surface area (Å²) in [6, 6.07) is 33.3. The second-order valence-electron chi connectivity index (χ2n) is 35.2. The number of imide groups is 3. The van der Waals surface area contributed by atoms with E-state index >= 15 is 0 Å². The van der Waals surface area contributed by atoms with E-state index in [9.17, 15) is 91.1 Å². The van der Waals surface area contributed by atoms with Crippen LogP contribution in [0.4, 0.5) is 31.4 Å². The van der Waals surface area contributed by atoms with Gasteiger partial charge in [-0.1, -0.05) is 148 Å². The number of hydrogen-bond acceptors (Lipinski definition) is 31. The molecular weight excluding hydrogens is 1920 g/mol. The van der Waals surface area contributed by atoms with Crippen molar-refractivity contribution in [3.8, 4) is 33.4 Å². The van der Waals surface area contributed by atoms with Gasteiger partial charge in [-0.25, -0.2) is 14.4 Å². The number of hydroxylamine groups is 6. The van der Waals surface area contributed by atoms with Crippen molar-refractivity contribution in [3.63, 3.8) is 0 Å². The lowest BCUT2D eigenvalue weighted by Gasteiger charge is -2.17. The Morgan fingerprint density at radius 2 is 0.689 bits per heavy atom. The van der Waals surface area contributed by atoms with Crippen LogP contribution < -0.4 is 31.9 Å². The van der Waals surface area contributed by atoms with Gasteiger partial charge >= 0.3 is 18.5 Å². The Kier molecular flexibility index (Phi) is 46.3. The number of carbonyl (C=O) groups excluding carboxylic acids is 19. The van der Waals surface area contributed by atoms with Gasteiger partial charge in [-0.2, -0.15) is 0 Å². The van der Waals surface area contributed by atoms with E-state index in [0.29, 0.717) is 200 Å². The summed E-state index contributed by atoms with van der Waals surface area (Å²) in [5.41, 5.74) is 13.6. The Balaban J connectivity index is 0.000000228. The lowest BCUT2D eigenvalue weighted by molar-refractivity contribution is -0.177. The summed E-state index contributed by atoms with van der Waals surface area (Å²) in [5.74, 6) is -5.95. The fraction of sp³-hybridized carbons (Fsp3) is 0.435. The lowest BCUT2D eigenvalue weighted by Crippen LogP contribution is -2.32. The predicted molar refractivity (Wildman–Crippen MR) is 534 cm³/mol. The molecule has 40 heteroatoms. The van der Waals surface area contributed by atoms with Gasteiger partial charge < -0.3 is 88.9 Å². The first-order valence-electron chi connectivity index (χ1n) is 49.6. The highest BCUT2D eigenvalue weighted by molar-refractivity contribution is 6.06. The summed E-state index contributed by atoms with van der Waals surface area (Å²) < 4.78 is 48.5. The third kappa shape index (κ3) is 35.2. The van der Waals surface area contributed by atoms with Crippen molar-refractivity contribution in [1.82, 2.24) is 31.1 Å². The van der Waals surface area contributed by atoms with Crippen LogP contribution in [0.1, 0.15) is 247 Å². The summed E-state index contributed by atoms with van der Waals surface area (Å²) in [6.45, 7) is 20.4. The van der Waals surface area contributed by atoms with Crippen LogP contribution in [0.3, 0.4) is 0 Å². The fourth-order valence-corrected chi connectivity index (χ4v) is 16.7. The zero-order chi connectivity index (χ0) is 106. The van der Waals surface area contributed by atoms with E-state index in [1.807, 2.05) is 43.3 Å². The molecule has 3 heterocycles. The molecule has 3 unspecified atom stereocenters. The number of anilines is 3. The van der Waals surface area contributed by atoms with Crippen molar-refractivity contribution in [2.24, 2.45) is 0 Å². The van der Waals surface area contributed by atoms with Gasteiger partial charge in [0.15, 0.2) is 12.4 Å². The summed E-state index contributed by atoms with van der Waals surface area (Å²) in [5, 5.41) is 18.1. The average molecular weight is 2050 g/mol. The quantitative estimate of drug-likeness (QED) is 0.00393. The minimum Gasteiger partial charge on any atom is -0.498 e. The van der Waals surface area contributed by atoms with Crippen molar-refractivity contribution >= 4 is 131 Å². The fourth-order valence-electron chi connectivity index (χ4n) is 16.7. The van der Waals surface area contributed by atoms with E-state index in [-0.39, 0.29) is 170 Å². The Bertz CT molecular complexity index is 5800. The molecule has 6 aromatic rings. The maximum atomic E-state index is 13.5. The van der Waals surface area contributed by atoms with Gasteiger partial charge in [-0.15, -0.1) is 0 Å². The Hall–Kier alpha value is -15.5. The number of aryl methyl sites for hydroxylation is 2. The van der Waals surface area contributed by atoms with Gasteiger partial charge in [0.1, 0.15) is 51.9 Å². The van der Waals surface area contributed by atoms with Gasteiger partial charge in [-0.05, 0) is 172 Å². The number of allylic oxidation sites excluding steroid dienone is 3. The van der Waals surface area contributed by atoms with Crippen molar-refractivity contribution in [2.75, 3.05) is 115 Å². The molecule has 6 N–H and O–H groups in total. The zero-order valence-electron chi connectivity index (χ0n) is 83.5. The first-order valence-corrected chi connectivity index (χ1v) is 49.6. The highest BCUT2D eigenvalue weighted by Crippen LogP contribution is 2.51. The number of ketones is 1. The van der Waals surface area contributed by atoms with Crippen molar-refractivity contribution in [2.45, 2.75) is 205 Å². The normalized spacial score (nSPS) is 14.5. The van der Waals surface area contributed by atoms with Crippen LogP contribution in [0.15, 0.2) is 146 Å². The molecule has 3 saturated heterocycles. The molecule has 3 fully saturated rings. The number of aldehydes is 3. The third-order valence-electron chi connectivity index (χ3n) is 24.1. The zero-order valence-corrected chi connectivity index (χ0v) is 83.5. The standard InChI is InChI=1S/C39H49N3O10.C38H45N3O11.C31H33N3O10/c1-3-4-21-49-22-18-40-35(44)9-5-7-28-11-13-30-31-14-12-29(8-6-10-36(45)41-19-23-50-27(2)17-20-43)25-33(31)34(32(30)24-28)26-51-39(48)52-42-37(46)15-16-38(42)47;1-3-4-20-49-22-18-39-33(44)11-6-12-34(45)40-26-13-14-28-30(23-26)31(24-51-38(48)52-41-35(46)15-16-36(41)47)27-8-5-9-29(37(27)28)32(43)10-7-21-50-25(2)17-19-42;1-3-4-13-41-17-27(36)32-20-5-7-22-23-8-6-21(33-28(37)18-42-19(2)11-12-35)15-25(23)26(24(22)14-20)16-43-31(40)44-34-29(38)9-10-30(34)39/h11-14,20,24-25,34H,2-10,15-19,21-23,26H2,1H3,(H,40,44)(H,41,45);5,8-9,13-14,19,23,31H,2-4,6-7,10-12,15-18,20-22,24H2,1H3,(H,39,44)(H,40,45);5-8,12,14-15,26H,2-4,9-11,13,16-18H2,1H3,(H,32,36)(H,33,37).